The highest BCUT2D eigenvalue weighted by Gasteiger charge is 2.46. The molecule has 27 heavy (non-hydrogen) atoms. The third kappa shape index (κ3) is 2.44. The van der Waals surface area contributed by atoms with Crippen LogP contribution in [0.4, 0.5) is 0 Å². The van der Waals surface area contributed by atoms with Crippen LogP contribution < -0.4 is 0 Å². The highest BCUT2D eigenvalue weighted by atomic mass is 15.2. The molecular weight excluding hydrogens is 330 g/mol. The largest absolute Gasteiger partial charge is 0.317 e. The van der Waals surface area contributed by atoms with Gasteiger partial charge in [0.1, 0.15) is 5.82 Å². The van der Waals surface area contributed by atoms with Crippen molar-refractivity contribution in [1.29, 1.82) is 5.26 Å². The molecule has 0 amide bonds. The van der Waals surface area contributed by atoms with Crippen LogP contribution in [0.2, 0.25) is 0 Å². The molecule has 5 rings (SSSR count). The highest BCUT2D eigenvalue weighted by molar-refractivity contribution is 5.71. The summed E-state index contributed by atoms with van der Waals surface area (Å²) < 4.78 is 2.38. The van der Waals surface area contributed by atoms with E-state index in [1.807, 2.05) is 18.3 Å². The topological polar surface area (TPSA) is 41.6 Å². The van der Waals surface area contributed by atoms with E-state index in [0.29, 0.717) is 5.56 Å². The lowest BCUT2D eigenvalue weighted by molar-refractivity contribution is 0.264. The number of fused-ring (bicyclic) bond motifs is 3. The van der Waals surface area contributed by atoms with Crippen molar-refractivity contribution in [3.8, 4) is 17.5 Å². The van der Waals surface area contributed by atoms with Crippen molar-refractivity contribution in [3.05, 3.63) is 77.6 Å². The maximum atomic E-state index is 9.24. The van der Waals surface area contributed by atoms with Gasteiger partial charge in [-0.15, -0.1) is 0 Å². The van der Waals surface area contributed by atoms with Crippen molar-refractivity contribution in [1.82, 2.24) is 9.55 Å². The van der Waals surface area contributed by atoms with Crippen LogP contribution in [-0.4, -0.2) is 9.55 Å². The second-order valence-electron chi connectivity index (χ2n) is 7.92. The Morgan fingerprint density at radius 3 is 2.59 bits per heavy atom. The number of hydrogen-bond acceptors (Lipinski definition) is 2. The molecule has 3 nitrogen and oxygen atoms in total. The Bertz CT molecular complexity index is 1000. The number of hydrogen-bond donors (Lipinski definition) is 0. The first-order chi connectivity index (χ1) is 13.3. The van der Waals surface area contributed by atoms with Crippen LogP contribution in [0.1, 0.15) is 55.2 Å². The summed E-state index contributed by atoms with van der Waals surface area (Å²) in [6, 6.07) is 19.2. The van der Waals surface area contributed by atoms with Crippen molar-refractivity contribution >= 4 is 0 Å². The molecule has 0 unspecified atom stereocenters. The minimum atomic E-state index is -0.224. The van der Waals surface area contributed by atoms with Gasteiger partial charge in [0.05, 0.1) is 17.2 Å². The first kappa shape index (κ1) is 16.3. The fourth-order valence-electron chi connectivity index (χ4n) is 5.23. The average molecular weight is 353 g/mol. The van der Waals surface area contributed by atoms with Gasteiger partial charge in [0, 0.05) is 18.0 Å². The number of imidazole rings is 1. The predicted molar refractivity (Wildman–Crippen MR) is 106 cm³/mol. The molecule has 1 aliphatic heterocycles. The maximum Gasteiger partial charge on any atom is 0.141 e. The molecule has 3 aromatic rings. The summed E-state index contributed by atoms with van der Waals surface area (Å²) in [5.74, 6) is 1.78. The zero-order chi connectivity index (χ0) is 18.3. The van der Waals surface area contributed by atoms with E-state index in [-0.39, 0.29) is 5.54 Å². The molecule has 2 heterocycles. The first-order valence-corrected chi connectivity index (χ1v) is 9.97. The molecule has 2 aliphatic rings. The maximum absolute atomic E-state index is 9.24. The summed E-state index contributed by atoms with van der Waals surface area (Å²) in [5, 5.41) is 9.24. The lowest BCUT2D eigenvalue weighted by Gasteiger charge is -2.38. The molecule has 1 saturated carbocycles. The van der Waals surface area contributed by atoms with Gasteiger partial charge >= 0.3 is 0 Å². The normalized spacial score (nSPS) is 21.4. The molecular formula is C24H23N3. The molecule has 1 fully saturated rings. The van der Waals surface area contributed by atoms with Gasteiger partial charge in [-0.3, -0.25) is 0 Å². The molecule has 0 N–H and O–H groups in total. The second kappa shape index (κ2) is 6.39. The predicted octanol–water partition coefficient (Wildman–Crippen LogP) is 5.50. The van der Waals surface area contributed by atoms with Gasteiger partial charge in [-0.05, 0) is 35.6 Å². The fourth-order valence-corrected chi connectivity index (χ4v) is 5.23. The number of nitriles is 1. The molecule has 1 aliphatic carbocycles. The monoisotopic (exact) mass is 353 g/mol. The Balaban J connectivity index is 1.72. The van der Waals surface area contributed by atoms with Gasteiger partial charge in [-0.25, -0.2) is 4.98 Å². The SMILES string of the molecule is N#Cc1ccc([C@@]2(CC3CCCCC3)c3ccccc3-c3nccn32)cc1. The Hall–Kier alpha value is -2.86. The van der Waals surface area contributed by atoms with Gasteiger partial charge in [0.15, 0.2) is 0 Å². The van der Waals surface area contributed by atoms with Crippen LogP contribution in [0.25, 0.3) is 11.4 Å². The zero-order valence-corrected chi connectivity index (χ0v) is 15.4. The molecule has 0 saturated heterocycles. The molecule has 0 spiro atoms. The van der Waals surface area contributed by atoms with E-state index < -0.39 is 0 Å². The third-order valence-corrected chi connectivity index (χ3v) is 6.47. The second-order valence-corrected chi connectivity index (χ2v) is 7.92. The summed E-state index contributed by atoms with van der Waals surface area (Å²) in [6.45, 7) is 0. The van der Waals surface area contributed by atoms with Gasteiger partial charge in [-0.1, -0.05) is 68.5 Å². The summed E-state index contributed by atoms with van der Waals surface area (Å²) in [7, 11) is 0. The molecule has 3 heteroatoms. The van der Waals surface area contributed by atoms with Crippen LogP contribution >= 0.6 is 0 Å². The van der Waals surface area contributed by atoms with Crippen LogP contribution in [0.3, 0.4) is 0 Å². The Morgan fingerprint density at radius 2 is 1.81 bits per heavy atom. The van der Waals surface area contributed by atoms with Crippen molar-refractivity contribution in [2.45, 2.75) is 44.1 Å². The fraction of sp³-hybridized carbons (Fsp3) is 0.333. The van der Waals surface area contributed by atoms with Crippen LogP contribution in [-0.2, 0) is 5.54 Å². The summed E-state index contributed by atoms with van der Waals surface area (Å²) in [4.78, 5) is 4.70. The minimum Gasteiger partial charge on any atom is -0.317 e. The lowest BCUT2D eigenvalue weighted by atomic mass is 9.72. The Morgan fingerprint density at radius 1 is 1.04 bits per heavy atom. The Kier molecular flexibility index (Phi) is 3.86. The summed E-state index contributed by atoms with van der Waals surface area (Å²) in [6.07, 6.45) is 11.8. The number of benzene rings is 2. The smallest absolute Gasteiger partial charge is 0.141 e. The van der Waals surface area contributed by atoms with Crippen molar-refractivity contribution in [2.24, 2.45) is 5.92 Å². The molecule has 2 aromatic carbocycles. The van der Waals surface area contributed by atoms with Gasteiger partial charge in [-0.2, -0.15) is 5.26 Å². The summed E-state index contributed by atoms with van der Waals surface area (Å²) >= 11 is 0. The first-order valence-electron chi connectivity index (χ1n) is 9.97. The minimum absolute atomic E-state index is 0.224. The van der Waals surface area contributed by atoms with E-state index in [2.05, 4.69) is 53.2 Å². The van der Waals surface area contributed by atoms with Crippen LogP contribution in [0.15, 0.2) is 60.9 Å². The standard InChI is InChI=1S/C24H23N3/c25-17-19-10-12-20(13-11-19)24(16-18-6-2-1-3-7-18)22-9-5-4-8-21(22)23-26-14-15-27(23)24/h4-5,8-15,18H,1-3,6-7,16H2/t24-/m0/s1. The van der Waals surface area contributed by atoms with Crippen molar-refractivity contribution in [2.75, 3.05) is 0 Å². The van der Waals surface area contributed by atoms with E-state index in [1.165, 1.54) is 48.8 Å². The summed E-state index contributed by atoms with van der Waals surface area (Å²) in [5.41, 5.74) is 4.34. The van der Waals surface area contributed by atoms with E-state index in [0.717, 1.165) is 18.2 Å². The van der Waals surface area contributed by atoms with E-state index >= 15 is 0 Å². The zero-order valence-electron chi connectivity index (χ0n) is 15.4. The third-order valence-electron chi connectivity index (χ3n) is 6.47. The molecule has 1 atom stereocenters. The highest BCUT2D eigenvalue weighted by Crippen LogP contribution is 2.51. The van der Waals surface area contributed by atoms with Gasteiger partial charge < -0.3 is 4.57 Å². The average Bonchev–Trinajstić information content (AvgIpc) is 3.31. The van der Waals surface area contributed by atoms with Gasteiger partial charge in [0.25, 0.3) is 0 Å². The van der Waals surface area contributed by atoms with Crippen LogP contribution in [0.5, 0.6) is 0 Å². The van der Waals surface area contributed by atoms with E-state index in [4.69, 9.17) is 4.98 Å². The molecule has 0 bridgehead atoms. The van der Waals surface area contributed by atoms with E-state index in [9.17, 15) is 5.26 Å². The molecule has 134 valence electrons. The van der Waals surface area contributed by atoms with Crippen molar-refractivity contribution in [3.63, 3.8) is 0 Å². The van der Waals surface area contributed by atoms with Crippen LogP contribution in [0, 0.1) is 17.2 Å². The van der Waals surface area contributed by atoms with E-state index in [1.54, 1.807) is 0 Å². The molecule has 0 radical (unpaired) electrons. The number of nitrogens with zero attached hydrogens (tertiary/aromatic N) is 3. The quantitative estimate of drug-likeness (QED) is 0.624. The Labute approximate surface area is 160 Å². The molecule has 1 aromatic heterocycles. The lowest BCUT2D eigenvalue weighted by Crippen LogP contribution is -2.36. The van der Waals surface area contributed by atoms with Crippen molar-refractivity contribution < 1.29 is 0 Å². The van der Waals surface area contributed by atoms with Gasteiger partial charge in [0.2, 0.25) is 0 Å². The number of rotatable bonds is 3. The number of aromatic nitrogens is 2.